The highest BCUT2D eigenvalue weighted by molar-refractivity contribution is 5.76. The molecule has 3 nitrogen and oxygen atoms in total. The molecule has 1 aromatic carbocycles. The van der Waals surface area contributed by atoms with E-state index in [0.29, 0.717) is 6.20 Å². The van der Waals surface area contributed by atoms with Gasteiger partial charge in [-0.3, -0.25) is 4.79 Å². The molecule has 0 saturated carbocycles. The van der Waals surface area contributed by atoms with Crippen molar-refractivity contribution in [1.82, 2.24) is 9.55 Å². The van der Waals surface area contributed by atoms with E-state index in [1.807, 2.05) is 0 Å². The lowest BCUT2D eigenvalue weighted by Gasteiger charge is -2.05. The number of aromatic nitrogens is 2. The summed E-state index contributed by atoms with van der Waals surface area (Å²) in [6.07, 6.45) is -3.86. The first-order valence-corrected chi connectivity index (χ1v) is 5.29. The van der Waals surface area contributed by atoms with E-state index in [1.54, 1.807) is 0 Å². The lowest BCUT2D eigenvalue weighted by molar-refractivity contribution is -0.140. The molecule has 0 aliphatic carbocycles. The zero-order valence-corrected chi connectivity index (χ0v) is 10.0. The first-order valence-electron chi connectivity index (χ1n) is 5.29. The maximum absolute atomic E-state index is 13.7. The molecule has 8 heteroatoms. The topological polar surface area (TPSA) is 34.9 Å². The zero-order valence-electron chi connectivity index (χ0n) is 10.0. The highest BCUT2D eigenvalue weighted by Crippen LogP contribution is 2.32. The Labute approximate surface area is 109 Å². The molecule has 0 atom stereocenters. The fourth-order valence-corrected chi connectivity index (χ4v) is 1.71. The normalized spacial score (nSPS) is 11.7. The number of rotatable bonds is 2. The van der Waals surface area contributed by atoms with E-state index in [2.05, 4.69) is 4.98 Å². The van der Waals surface area contributed by atoms with E-state index in [-0.39, 0.29) is 11.8 Å². The molecule has 0 spiro atoms. The van der Waals surface area contributed by atoms with Crippen LogP contribution in [0.2, 0.25) is 0 Å². The standard InChI is InChI=1S/C12H7F5N2O/c1-19-4-9(12(15,16)17)18-11(19)10-7(13)2-6(5-20)3-8(10)14/h2-5H,1H3. The molecule has 0 aliphatic heterocycles. The Morgan fingerprint density at radius 3 is 2.15 bits per heavy atom. The number of nitrogens with zero attached hydrogens (tertiary/aromatic N) is 2. The molecule has 20 heavy (non-hydrogen) atoms. The van der Waals surface area contributed by atoms with Crippen LogP contribution < -0.4 is 0 Å². The molecule has 1 aromatic heterocycles. The summed E-state index contributed by atoms with van der Waals surface area (Å²) < 4.78 is 65.9. The number of hydrogen-bond donors (Lipinski definition) is 0. The van der Waals surface area contributed by atoms with E-state index >= 15 is 0 Å². The van der Waals surface area contributed by atoms with Gasteiger partial charge in [-0.05, 0) is 12.1 Å². The van der Waals surface area contributed by atoms with Gasteiger partial charge in [-0.2, -0.15) is 13.2 Å². The number of imidazole rings is 1. The SMILES string of the molecule is Cn1cc(C(F)(F)F)nc1-c1c(F)cc(C=O)cc1F. The van der Waals surface area contributed by atoms with E-state index in [4.69, 9.17) is 0 Å². The van der Waals surface area contributed by atoms with Crippen LogP contribution in [0.4, 0.5) is 22.0 Å². The van der Waals surface area contributed by atoms with Crippen molar-refractivity contribution >= 4 is 6.29 Å². The lowest BCUT2D eigenvalue weighted by Crippen LogP contribution is -2.05. The zero-order chi connectivity index (χ0) is 15.1. The second kappa shape index (κ2) is 4.69. The second-order valence-electron chi connectivity index (χ2n) is 4.04. The fraction of sp³-hybridized carbons (Fsp3) is 0.167. The Morgan fingerprint density at radius 2 is 1.75 bits per heavy atom. The number of carbonyl (C=O) groups excluding carboxylic acids is 1. The first-order chi connectivity index (χ1) is 9.24. The fourth-order valence-electron chi connectivity index (χ4n) is 1.71. The van der Waals surface area contributed by atoms with Gasteiger partial charge in [-0.15, -0.1) is 0 Å². The molecular weight excluding hydrogens is 283 g/mol. The van der Waals surface area contributed by atoms with Gasteiger partial charge in [0.05, 0.1) is 5.56 Å². The lowest BCUT2D eigenvalue weighted by atomic mass is 10.1. The van der Waals surface area contributed by atoms with Crippen molar-refractivity contribution in [2.45, 2.75) is 6.18 Å². The average molecular weight is 290 g/mol. The van der Waals surface area contributed by atoms with Gasteiger partial charge >= 0.3 is 6.18 Å². The summed E-state index contributed by atoms with van der Waals surface area (Å²) in [6, 6.07) is 1.46. The number of aryl methyl sites for hydroxylation is 1. The molecule has 0 bridgehead atoms. The van der Waals surface area contributed by atoms with Crippen LogP contribution in [-0.4, -0.2) is 15.8 Å². The number of hydrogen-bond acceptors (Lipinski definition) is 2. The van der Waals surface area contributed by atoms with Gasteiger partial charge in [0.25, 0.3) is 0 Å². The van der Waals surface area contributed by atoms with Crippen LogP contribution in [-0.2, 0) is 13.2 Å². The Bertz CT molecular complexity index is 652. The highest BCUT2D eigenvalue weighted by Gasteiger charge is 2.35. The Balaban J connectivity index is 2.63. The summed E-state index contributed by atoms with van der Waals surface area (Å²) in [7, 11) is 1.18. The van der Waals surface area contributed by atoms with Crippen molar-refractivity contribution in [2.24, 2.45) is 7.05 Å². The van der Waals surface area contributed by atoms with E-state index in [0.717, 1.165) is 16.7 Å². The molecule has 0 saturated heterocycles. The average Bonchev–Trinajstić information content (AvgIpc) is 2.70. The maximum atomic E-state index is 13.7. The van der Waals surface area contributed by atoms with Crippen LogP contribution in [0.3, 0.4) is 0 Å². The summed E-state index contributed by atoms with van der Waals surface area (Å²) in [5, 5.41) is 0. The van der Waals surface area contributed by atoms with Gasteiger partial charge < -0.3 is 4.57 Å². The van der Waals surface area contributed by atoms with Crippen molar-refractivity contribution < 1.29 is 26.7 Å². The third-order valence-electron chi connectivity index (χ3n) is 2.59. The van der Waals surface area contributed by atoms with Crippen molar-refractivity contribution in [3.8, 4) is 11.4 Å². The Kier molecular flexibility index (Phi) is 3.33. The number of halogens is 5. The molecule has 2 aromatic rings. The van der Waals surface area contributed by atoms with Gasteiger partial charge in [-0.1, -0.05) is 0 Å². The van der Waals surface area contributed by atoms with Gasteiger partial charge in [0.1, 0.15) is 23.7 Å². The molecule has 0 unspecified atom stereocenters. The highest BCUT2D eigenvalue weighted by atomic mass is 19.4. The molecule has 106 valence electrons. The number of carbonyl (C=O) groups is 1. The number of alkyl halides is 3. The molecule has 2 rings (SSSR count). The molecule has 0 radical (unpaired) electrons. The second-order valence-corrected chi connectivity index (χ2v) is 4.04. The van der Waals surface area contributed by atoms with Gasteiger partial charge in [0.15, 0.2) is 5.69 Å². The summed E-state index contributed by atoms with van der Waals surface area (Å²) >= 11 is 0. The van der Waals surface area contributed by atoms with Crippen molar-refractivity contribution in [1.29, 1.82) is 0 Å². The Hall–Kier alpha value is -2.25. The summed E-state index contributed by atoms with van der Waals surface area (Å²) in [5.41, 5.74) is -2.23. The first kappa shape index (κ1) is 14.2. The van der Waals surface area contributed by atoms with Crippen molar-refractivity contribution in [3.63, 3.8) is 0 Å². The molecule has 0 aliphatic rings. The van der Waals surface area contributed by atoms with Crippen LogP contribution in [0.5, 0.6) is 0 Å². The molecule has 0 amide bonds. The van der Waals surface area contributed by atoms with E-state index in [9.17, 15) is 26.7 Å². The van der Waals surface area contributed by atoms with Gasteiger partial charge in [0.2, 0.25) is 0 Å². The minimum absolute atomic E-state index is 0.232. The minimum atomic E-state index is -4.72. The third kappa shape index (κ3) is 2.40. The van der Waals surface area contributed by atoms with Gasteiger partial charge in [0, 0.05) is 18.8 Å². The van der Waals surface area contributed by atoms with Crippen LogP contribution in [0.25, 0.3) is 11.4 Å². The minimum Gasteiger partial charge on any atom is -0.333 e. The largest absolute Gasteiger partial charge is 0.434 e. The monoisotopic (exact) mass is 290 g/mol. The van der Waals surface area contributed by atoms with Crippen LogP contribution in [0.15, 0.2) is 18.3 Å². The van der Waals surface area contributed by atoms with E-state index < -0.39 is 34.9 Å². The summed E-state index contributed by atoms with van der Waals surface area (Å²) in [5.74, 6) is -2.83. The van der Waals surface area contributed by atoms with Crippen LogP contribution >= 0.6 is 0 Å². The molecule has 0 N–H and O–H groups in total. The molecule has 0 fully saturated rings. The number of benzene rings is 1. The predicted octanol–water partition coefficient (Wildman–Crippen LogP) is 3.20. The molecular formula is C12H7F5N2O. The predicted molar refractivity (Wildman–Crippen MR) is 58.9 cm³/mol. The number of aldehydes is 1. The van der Waals surface area contributed by atoms with Crippen LogP contribution in [0.1, 0.15) is 16.1 Å². The summed E-state index contributed by atoms with van der Waals surface area (Å²) in [4.78, 5) is 13.7. The summed E-state index contributed by atoms with van der Waals surface area (Å²) in [6.45, 7) is 0. The van der Waals surface area contributed by atoms with Crippen molar-refractivity contribution in [3.05, 3.63) is 41.2 Å². The van der Waals surface area contributed by atoms with Crippen LogP contribution in [0, 0.1) is 11.6 Å². The third-order valence-corrected chi connectivity index (χ3v) is 2.59. The maximum Gasteiger partial charge on any atom is 0.434 e. The molecule has 1 heterocycles. The smallest absolute Gasteiger partial charge is 0.333 e. The van der Waals surface area contributed by atoms with E-state index in [1.165, 1.54) is 7.05 Å². The van der Waals surface area contributed by atoms with Crippen molar-refractivity contribution in [2.75, 3.05) is 0 Å². The quantitative estimate of drug-likeness (QED) is 0.629. The van der Waals surface area contributed by atoms with Gasteiger partial charge in [-0.25, -0.2) is 13.8 Å². The Morgan fingerprint density at radius 1 is 1.20 bits per heavy atom.